The Labute approximate surface area is 106 Å². The van der Waals surface area contributed by atoms with Crippen molar-refractivity contribution in [2.24, 2.45) is 0 Å². The van der Waals surface area contributed by atoms with Crippen LogP contribution in [0.5, 0.6) is 0 Å². The Kier molecular flexibility index (Phi) is 3.38. The van der Waals surface area contributed by atoms with Gasteiger partial charge in [0.1, 0.15) is 11.0 Å². The third-order valence-electron chi connectivity index (χ3n) is 2.67. The molecule has 1 fully saturated rings. The van der Waals surface area contributed by atoms with E-state index in [1.807, 2.05) is 39.0 Å². The average Bonchev–Trinajstić information content (AvgIpc) is 3.09. The fourth-order valence-electron chi connectivity index (χ4n) is 1.50. The van der Waals surface area contributed by atoms with E-state index in [9.17, 15) is 4.21 Å². The van der Waals surface area contributed by atoms with Crippen LogP contribution < -0.4 is 4.72 Å². The maximum absolute atomic E-state index is 12.1. The van der Waals surface area contributed by atoms with E-state index in [1.165, 1.54) is 5.57 Å². The number of nitrogens with one attached hydrogen (secondary N) is 1. The fraction of sp³-hybridized carbons (Fsp3) is 0.429. The summed E-state index contributed by atoms with van der Waals surface area (Å²) >= 11 is 0. The molecule has 0 heterocycles. The lowest BCUT2D eigenvalue weighted by Crippen LogP contribution is -2.32. The van der Waals surface area contributed by atoms with E-state index in [0.29, 0.717) is 0 Å². The van der Waals surface area contributed by atoms with Gasteiger partial charge in [-0.3, -0.25) is 0 Å². The summed E-state index contributed by atoms with van der Waals surface area (Å²) in [7, 11) is -1.06. The molecule has 0 aliphatic heterocycles. The van der Waals surface area contributed by atoms with Crippen LogP contribution in [0, 0.1) is 0 Å². The Morgan fingerprint density at radius 2 is 1.76 bits per heavy atom. The molecule has 0 saturated heterocycles. The number of rotatable bonds is 3. The number of hydrogen-bond donors (Lipinski definition) is 1. The monoisotopic (exact) mass is 249 g/mol. The molecule has 1 atom stereocenters. The minimum absolute atomic E-state index is 0.241. The lowest BCUT2D eigenvalue weighted by molar-refractivity contribution is 0.645. The van der Waals surface area contributed by atoms with Crippen molar-refractivity contribution < 1.29 is 4.21 Å². The predicted molar refractivity (Wildman–Crippen MR) is 73.6 cm³/mol. The first-order chi connectivity index (χ1) is 7.98. The second kappa shape index (κ2) is 4.65. The third kappa shape index (κ3) is 3.19. The highest BCUT2D eigenvalue weighted by Gasteiger charge is 2.25. The van der Waals surface area contributed by atoms with Gasteiger partial charge in [0.15, 0.2) is 0 Å². The van der Waals surface area contributed by atoms with E-state index in [4.69, 9.17) is 0 Å². The summed E-state index contributed by atoms with van der Waals surface area (Å²) in [6, 6.07) is 10.2. The molecule has 1 N–H and O–H groups in total. The molecule has 0 bridgehead atoms. The molecule has 0 amide bonds. The van der Waals surface area contributed by atoms with Crippen LogP contribution in [0.2, 0.25) is 0 Å². The van der Waals surface area contributed by atoms with Gasteiger partial charge in [-0.15, -0.1) is 0 Å². The van der Waals surface area contributed by atoms with Gasteiger partial charge in [-0.1, -0.05) is 30.3 Å². The van der Waals surface area contributed by atoms with Crippen LogP contribution in [-0.2, 0) is 11.0 Å². The van der Waals surface area contributed by atoms with Gasteiger partial charge in [0.2, 0.25) is 0 Å². The lowest BCUT2D eigenvalue weighted by atomic mass is 10.1. The van der Waals surface area contributed by atoms with Crippen molar-refractivity contribution >= 4 is 16.7 Å². The Hall–Kier alpha value is -1.09. The number of allylic oxidation sites excluding steroid dienone is 1. The smallest absolute Gasteiger partial charge is 0.122 e. The van der Waals surface area contributed by atoms with Crippen LogP contribution in [0.3, 0.4) is 0 Å². The van der Waals surface area contributed by atoms with E-state index in [1.54, 1.807) is 0 Å². The van der Waals surface area contributed by atoms with Crippen LogP contribution in [0.1, 0.15) is 39.2 Å². The van der Waals surface area contributed by atoms with E-state index in [0.717, 1.165) is 24.1 Å². The van der Waals surface area contributed by atoms with E-state index < -0.39 is 11.0 Å². The SMILES string of the molecule is CC(C)(C)S(=O)NC(=C1CC1)c1ccccc1. The molecular weight excluding hydrogens is 230 g/mol. The van der Waals surface area contributed by atoms with Crippen LogP contribution in [0.4, 0.5) is 0 Å². The molecule has 1 aromatic rings. The molecule has 1 unspecified atom stereocenters. The van der Waals surface area contributed by atoms with Gasteiger partial charge in [-0.05, 0) is 44.7 Å². The zero-order valence-electron chi connectivity index (χ0n) is 10.6. The second-order valence-corrected chi connectivity index (χ2v) is 7.29. The summed E-state index contributed by atoms with van der Waals surface area (Å²) in [4.78, 5) is 0. The quantitative estimate of drug-likeness (QED) is 0.875. The van der Waals surface area contributed by atoms with Crippen molar-refractivity contribution in [3.8, 4) is 0 Å². The second-order valence-electron chi connectivity index (χ2n) is 5.33. The van der Waals surface area contributed by atoms with Gasteiger partial charge in [0.05, 0.1) is 10.4 Å². The van der Waals surface area contributed by atoms with E-state index in [2.05, 4.69) is 16.9 Å². The first-order valence-electron chi connectivity index (χ1n) is 5.94. The fourth-order valence-corrected chi connectivity index (χ4v) is 2.25. The van der Waals surface area contributed by atoms with E-state index >= 15 is 0 Å². The first-order valence-corrected chi connectivity index (χ1v) is 7.09. The highest BCUT2D eigenvalue weighted by molar-refractivity contribution is 7.84. The molecule has 17 heavy (non-hydrogen) atoms. The summed E-state index contributed by atoms with van der Waals surface area (Å²) in [5, 5.41) is 0. The van der Waals surface area contributed by atoms with Crippen LogP contribution >= 0.6 is 0 Å². The van der Waals surface area contributed by atoms with Crippen molar-refractivity contribution in [3.63, 3.8) is 0 Å². The third-order valence-corrected chi connectivity index (χ3v) is 4.17. The lowest BCUT2D eigenvalue weighted by Gasteiger charge is -2.20. The number of benzene rings is 1. The molecule has 3 heteroatoms. The normalized spacial score (nSPS) is 16.5. The highest BCUT2D eigenvalue weighted by atomic mass is 32.2. The number of hydrogen-bond acceptors (Lipinski definition) is 1. The maximum atomic E-state index is 12.1. The average molecular weight is 249 g/mol. The molecule has 2 rings (SSSR count). The zero-order valence-corrected chi connectivity index (χ0v) is 11.4. The topological polar surface area (TPSA) is 29.1 Å². The van der Waals surface area contributed by atoms with E-state index in [-0.39, 0.29) is 4.75 Å². The Bertz CT molecular complexity index is 451. The van der Waals surface area contributed by atoms with Gasteiger partial charge in [0, 0.05) is 0 Å². The Morgan fingerprint density at radius 1 is 1.18 bits per heavy atom. The van der Waals surface area contributed by atoms with Gasteiger partial charge in [-0.25, -0.2) is 4.21 Å². The van der Waals surface area contributed by atoms with Crippen LogP contribution in [0.15, 0.2) is 35.9 Å². The van der Waals surface area contributed by atoms with Crippen molar-refractivity contribution in [2.75, 3.05) is 0 Å². The minimum atomic E-state index is -1.06. The largest absolute Gasteiger partial charge is 0.304 e. The Balaban J connectivity index is 2.23. The van der Waals surface area contributed by atoms with Gasteiger partial charge in [0.25, 0.3) is 0 Å². The maximum Gasteiger partial charge on any atom is 0.122 e. The molecular formula is C14H19NOS. The van der Waals surface area contributed by atoms with Crippen LogP contribution in [0.25, 0.3) is 5.70 Å². The summed E-state index contributed by atoms with van der Waals surface area (Å²) in [6.07, 6.45) is 2.25. The minimum Gasteiger partial charge on any atom is -0.304 e. The standard InChI is InChI=1S/C14H19NOS/c1-14(2,3)17(16)15-13(12-9-10-12)11-7-5-4-6-8-11/h4-8,15H,9-10H2,1-3H3. The van der Waals surface area contributed by atoms with Crippen LogP contribution in [-0.4, -0.2) is 8.96 Å². The molecule has 1 aromatic carbocycles. The van der Waals surface area contributed by atoms with Gasteiger partial charge < -0.3 is 4.72 Å². The predicted octanol–water partition coefficient (Wildman–Crippen LogP) is 3.24. The van der Waals surface area contributed by atoms with Crippen molar-refractivity contribution in [2.45, 2.75) is 38.4 Å². The first kappa shape index (κ1) is 12.4. The summed E-state index contributed by atoms with van der Waals surface area (Å²) in [5.41, 5.74) is 3.59. The molecule has 1 aliphatic rings. The molecule has 0 spiro atoms. The summed E-state index contributed by atoms with van der Waals surface area (Å²) < 4.78 is 15.1. The summed E-state index contributed by atoms with van der Waals surface area (Å²) in [5.74, 6) is 0. The molecule has 92 valence electrons. The highest BCUT2D eigenvalue weighted by Crippen LogP contribution is 2.35. The van der Waals surface area contributed by atoms with Crippen molar-refractivity contribution in [1.82, 2.24) is 4.72 Å². The Morgan fingerprint density at radius 3 is 2.24 bits per heavy atom. The zero-order chi connectivity index (χ0) is 12.5. The molecule has 0 aromatic heterocycles. The van der Waals surface area contributed by atoms with Gasteiger partial charge in [-0.2, -0.15) is 0 Å². The molecule has 1 aliphatic carbocycles. The van der Waals surface area contributed by atoms with Crippen molar-refractivity contribution in [3.05, 3.63) is 41.5 Å². The molecule has 1 saturated carbocycles. The summed E-state index contributed by atoms with van der Waals surface area (Å²) in [6.45, 7) is 5.95. The molecule has 0 radical (unpaired) electrons. The molecule has 2 nitrogen and oxygen atoms in total. The van der Waals surface area contributed by atoms with Crippen molar-refractivity contribution in [1.29, 1.82) is 0 Å². The van der Waals surface area contributed by atoms with Gasteiger partial charge >= 0.3 is 0 Å².